The summed E-state index contributed by atoms with van der Waals surface area (Å²) in [6.45, 7) is 4.57. The maximum absolute atomic E-state index is 11.1. The summed E-state index contributed by atoms with van der Waals surface area (Å²) >= 11 is 0. The number of unbranched alkanes of at least 4 members (excludes halogenated alkanes) is 1. The standard InChI is InChI=1S/C15H23NO4/c1-12-6-5-7-13(15(17)18)14(12)16-8-3-4-9-20-11-10-19-2/h5-7,16H,3-4,8-11H2,1-2H3,(H,17,18). The lowest BCUT2D eigenvalue weighted by Gasteiger charge is -2.12. The molecule has 20 heavy (non-hydrogen) atoms. The van der Waals surface area contributed by atoms with E-state index in [0.29, 0.717) is 31.1 Å². The van der Waals surface area contributed by atoms with E-state index in [2.05, 4.69) is 5.32 Å². The zero-order chi connectivity index (χ0) is 14.8. The van der Waals surface area contributed by atoms with Crippen molar-refractivity contribution in [2.45, 2.75) is 19.8 Å². The first-order valence-electron chi connectivity index (χ1n) is 6.80. The number of carboxylic acids is 1. The molecule has 0 heterocycles. The monoisotopic (exact) mass is 281 g/mol. The summed E-state index contributed by atoms with van der Waals surface area (Å²) in [6, 6.07) is 5.28. The molecule has 0 spiro atoms. The van der Waals surface area contributed by atoms with Gasteiger partial charge in [0.05, 0.1) is 24.5 Å². The van der Waals surface area contributed by atoms with E-state index in [-0.39, 0.29) is 0 Å². The van der Waals surface area contributed by atoms with Crippen LogP contribution in [0.1, 0.15) is 28.8 Å². The number of methoxy groups -OCH3 is 1. The SMILES string of the molecule is COCCOCCCCNc1c(C)cccc1C(=O)O. The van der Waals surface area contributed by atoms with Gasteiger partial charge < -0.3 is 19.9 Å². The molecule has 5 heteroatoms. The van der Waals surface area contributed by atoms with Gasteiger partial charge in [0.25, 0.3) is 0 Å². The first-order chi connectivity index (χ1) is 9.66. The van der Waals surface area contributed by atoms with E-state index < -0.39 is 5.97 Å². The van der Waals surface area contributed by atoms with Crippen molar-refractivity contribution in [3.63, 3.8) is 0 Å². The lowest BCUT2D eigenvalue weighted by atomic mass is 10.1. The van der Waals surface area contributed by atoms with Crippen LogP contribution in [0.4, 0.5) is 5.69 Å². The van der Waals surface area contributed by atoms with Gasteiger partial charge in [0.15, 0.2) is 0 Å². The Morgan fingerprint density at radius 2 is 2.05 bits per heavy atom. The molecule has 0 amide bonds. The summed E-state index contributed by atoms with van der Waals surface area (Å²) in [5, 5.41) is 12.3. The minimum absolute atomic E-state index is 0.321. The van der Waals surface area contributed by atoms with E-state index in [0.717, 1.165) is 24.9 Å². The maximum Gasteiger partial charge on any atom is 0.337 e. The summed E-state index contributed by atoms with van der Waals surface area (Å²) in [6.07, 6.45) is 1.87. The molecule has 0 bridgehead atoms. The average molecular weight is 281 g/mol. The molecule has 2 N–H and O–H groups in total. The van der Waals surface area contributed by atoms with Crippen LogP contribution in [-0.2, 0) is 9.47 Å². The Kier molecular flexibility index (Phi) is 7.69. The summed E-state index contributed by atoms with van der Waals surface area (Å²) in [7, 11) is 1.65. The van der Waals surface area contributed by atoms with Crippen LogP contribution in [-0.4, -0.2) is 44.6 Å². The van der Waals surface area contributed by atoms with Crippen LogP contribution in [0.5, 0.6) is 0 Å². The van der Waals surface area contributed by atoms with Crippen molar-refractivity contribution in [1.29, 1.82) is 0 Å². The van der Waals surface area contributed by atoms with E-state index in [1.807, 2.05) is 13.0 Å². The minimum atomic E-state index is -0.904. The lowest BCUT2D eigenvalue weighted by molar-refractivity contribution is 0.0690. The van der Waals surface area contributed by atoms with Crippen LogP contribution in [0, 0.1) is 6.92 Å². The molecule has 112 valence electrons. The highest BCUT2D eigenvalue weighted by atomic mass is 16.5. The molecule has 1 aromatic rings. The van der Waals surface area contributed by atoms with E-state index in [1.165, 1.54) is 0 Å². The Hall–Kier alpha value is -1.59. The van der Waals surface area contributed by atoms with E-state index in [1.54, 1.807) is 19.2 Å². The summed E-state index contributed by atoms with van der Waals surface area (Å²) in [5.74, 6) is -0.904. The number of rotatable bonds is 10. The Morgan fingerprint density at radius 3 is 2.75 bits per heavy atom. The fourth-order valence-corrected chi connectivity index (χ4v) is 1.87. The van der Waals surface area contributed by atoms with Crippen LogP contribution in [0.15, 0.2) is 18.2 Å². The molecule has 0 aliphatic heterocycles. The van der Waals surface area contributed by atoms with Gasteiger partial charge in [-0.05, 0) is 31.4 Å². The van der Waals surface area contributed by atoms with E-state index in [4.69, 9.17) is 14.6 Å². The molecule has 0 saturated carbocycles. The largest absolute Gasteiger partial charge is 0.478 e. The molecule has 0 aliphatic carbocycles. The smallest absolute Gasteiger partial charge is 0.337 e. The predicted octanol–water partition coefficient (Wildman–Crippen LogP) is 2.55. The number of anilines is 1. The van der Waals surface area contributed by atoms with Gasteiger partial charge in [0.1, 0.15) is 0 Å². The molecule has 0 aromatic heterocycles. The molecule has 0 unspecified atom stereocenters. The van der Waals surface area contributed by atoms with Crippen LogP contribution < -0.4 is 5.32 Å². The predicted molar refractivity (Wildman–Crippen MR) is 78.6 cm³/mol. The molecule has 1 rings (SSSR count). The third kappa shape index (κ3) is 5.59. The number of aromatic carboxylic acids is 1. The van der Waals surface area contributed by atoms with Crippen LogP contribution in [0.2, 0.25) is 0 Å². The molecular weight excluding hydrogens is 258 g/mol. The Balaban J connectivity index is 2.30. The zero-order valence-corrected chi connectivity index (χ0v) is 12.1. The van der Waals surface area contributed by atoms with Gasteiger partial charge in [-0.3, -0.25) is 0 Å². The summed E-state index contributed by atoms with van der Waals surface area (Å²) in [4.78, 5) is 11.1. The zero-order valence-electron chi connectivity index (χ0n) is 12.1. The van der Waals surface area contributed by atoms with Gasteiger partial charge in [0.2, 0.25) is 0 Å². The van der Waals surface area contributed by atoms with Crippen LogP contribution >= 0.6 is 0 Å². The fraction of sp³-hybridized carbons (Fsp3) is 0.533. The van der Waals surface area contributed by atoms with E-state index >= 15 is 0 Å². The second-order valence-electron chi connectivity index (χ2n) is 4.54. The maximum atomic E-state index is 11.1. The van der Waals surface area contributed by atoms with Gasteiger partial charge >= 0.3 is 5.97 Å². The highest BCUT2D eigenvalue weighted by Crippen LogP contribution is 2.20. The summed E-state index contributed by atoms with van der Waals surface area (Å²) < 4.78 is 10.2. The van der Waals surface area contributed by atoms with Crippen molar-refractivity contribution in [2.24, 2.45) is 0 Å². The Morgan fingerprint density at radius 1 is 1.25 bits per heavy atom. The molecule has 1 aromatic carbocycles. The topological polar surface area (TPSA) is 67.8 Å². The first kappa shape index (κ1) is 16.5. The van der Waals surface area contributed by atoms with Gasteiger partial charge in [-0.1, -0.05) is 12.1 Å². The highest BCUT2D eigenvalue weighted by Gasteiger charge is 2.10. The van der Waals surface area contributed by atoms with Crippen LogP contribution in [0.25, 0.3) is 0 Å². The third-order valence-electron chi connectivity index (χ3n) is 2.95. The van der Waals surface area contributed by atoms with Gasteiger partial charge in [-0.25, -0.2) is 4.79 Å². The fourth-order valence-electron chi connectivity index (χ4n) is 1.87. The minimum Gasteiger partial charge on any atom is -0.478 e. The number of nitrogens with one attached hydrogen (secondary N) is 1. The third-order valence-corrected chi connectivity index (χ3v) is 2.95. The molecule has 0 atom stereocenters. The molecule has 0 aliphatic rings. The number of benzene rings is 1. The number of para-hydroxylation sites is 1. The number of carbonyl (C=O) groups is 1. The Labute approximate surface area is 119 Å². The van der Waals surface area contributed by atoms with Crippen molar-refractivity contribution < 1.29 is 19.4 Å². The molecule has 0 saturated heterocycles. The number of carboxylic acid groups (broad SMARTS) is 1. The van der Waals surface area contributed by atoms with Crippen molar-refractivity contribution in [1.82, 2.24) is 0 Å². The van der Waals surface area contributed by atoms with E-state index in [9.17, 15) is 4.79 Å². The molecule has 0 radical (unpaired) electrons. The van der Waals surface area contributed by atoms with Gasteiger partial charge in [0, 0.05) is 20.3 Å². The van der Waals surface area contributed by atoms with Crippen molar-refractivity contribution in [3.8, 4) is 0 Å². The number of aryl methyl sites for hydroxylation is 1. The van der Waals surface area contributed by atoms with Crippen molar-refractivity contribution in [2.75, 3.05) is 38.8 Å². The van der Waals surface area contributed by atoms with Gasteiger partial charge in [-0.2, -0.15) is 0 Å². The second-order valence-corrected chi connectivity index (χ2v) is 4.54. The number of hydrogen-bond donors (Lipinski definition) is 2. The number of hydrogen-bond acceptors (Lipinski definition) is 4. The van der Waals surface area contributed by atoms with Crippen LogP contribution in [0.3, 0.4) is 0 Å². The Bertz CT molecular complexity index is 420. The van der Waals surface area contributed by atoms with Gasteiger partial charge in [-0.15, -0.1) is 0 Å². The lowest BCUT2D eigenvalue weighted by Crippen LogP contribution is -2.10. The quantitative estimate of drug-likeness (QED) is 0.645. The highest BCUT2D eigenvalue weighted by molar-refractivity contribution is 5.95. The summed E-state index contributed by atoms with van der Waals surface area (Å²) in [5.41, 5.74) is 1.97. The molecule has 5 nitrogen and oxygen atoms in total. The second kappa shape index (κ2) is 9.34. The first-order valence-corrected chi connectivity index (χ1v) is 6.80. The molecular formula is C15H23NO4. The average Bonchev–Trinajstić information content (AvgIpc) is 2.43. The normalized spacial score (nSPS) is 10.5. The number of ether oxygens (including phenoxy) is 2. The van der Waals surface area contributed by atoms with Crippen molar-refractivity contribution >= 4 is 11.7 Å². The van der Waals surface area contributed by atoms with Crippen molar-refractivity contribution in [3.05, 3.63) is 29.3 Å². The molecule has 0 fully saturated rings.